The third kappa shape index (κ3) is 3.65. The lowest BCUT2D eigenvalue weighted by Crippen LogP contribution is -2.33. The summed E-state index contributed by atoms with van der Waals surface area (Å²) in [6.45, 7) is 0. The van der Waals surface area contributed by atoms with Gasteiger partial charge in [0.05, 0.1) is 16.4 Å². The van der Waals surface area contributed by atoms with E-state index in [4.69, 9.17) is 9.72 Å². The van der Waals surface area contributed by atoms with Crippen molar-refractivity contribution in [1.29, 1.82) is 0 Å². The quantitative estimate of drug-likeness (QED) is 0.201. The Morgan fingerprint density at radius 2 is 1.34 bits per heavy atom. The van der Waals surface area contributed by atoms with Crippen molar-refractivity contribution >= 4 is 16.6 Å². The average Bonchev–Trinajstić information content (AvgIpc) is 3.67. The van der Waals surface area contributed by atoms with Crippen LogP contribution in [0.5, 0.6) is 11.5 Å². The maximum atomic E-state index is 6.98. The Bertz CT molecular complexity index is 2450. The number of aromatic nitrogens is 2. The van der Waals surface area contributed by atoms with Crippen molar-refractivity contribution < 1.29 is 4.74 Å². The fourth-order valence-electron chi connectivity index (χ4n) is 8.30. The van der Waals surface area contributed by atoms with Gasteiger partial charge in [0.2, 0.25) is 0 Å². The van der Waals surface area contributed by atoms with Crippen LogP contribution < -0.4 is 4.74 Å². The van der Waals surface area contributed by atoms with Crippen molar-refractivity contribution in [1.82, 2.24) is 9.55 Å². The molecule has 3 nitrogen and oxygen atoms in total. The molecule has 1 aromatic heterocycles. The van der Waals surface area contributed by atoms with Gasteiger partial charge in [0.25, 0.3) is 0 Å². The van der Waals surface area contributed by atoms with E-state index in [0.717, 1.165) is 63.6 Å². The molecule has 222 valence electrons. The minimum Gasteiger partial charge on any atom is -0.456 e. The molecule has 0 amide bonds. The van der Waals surface area contributed by atoms with Crippen LogP contribution in [0.3, 0.4) is 0 Å². The second kappa shape index (κ2) is 10.0. The van der Waals surface area contributed by atoms with E-state index < -0.39 is 5.41 Å². The Hall–Kier alpha value is -5.93. The molecule has 47 heavy (non-hydrogen) atoms. The van der Waals surface area contributed by atoms with Crippen LogP contribution in [0, 0.1) is 0 Å². The molecule has 0 saturated heterocycles. The smallest absolute Gasteiger partial charge is 0.145 e. The largest absolute Gasteiger partial charge is 0.456 e. The maximum absolute atomic E-state index is 6.98. The fraction of sp³-hybridized carbons (Fsp3) is 0.0682. The summed E-state index contributed by atoms with van der Waals surface area (Å²) in [6.07, 6.45) is 6.73. The lowest BCUT2D eigenvalue weighted by Gasteiger charge is -2.41. The van der Waals surface area contributed by atoms with Crippen LogP contribution in [0.15, 0.2) is 163 Å². The first-order chi connectivity index (χ1) is 23.3. The van der Waals surface area contributed by atoms with Crippen LogP contribution in [-0.2, 0) is 5.41 Å². The van der Waals surface area contributed by atoms with Gasteiger partial charge < -0.3 is 4.74 Å². The van der Waals surface area contributed by atoms with Gasteiger partial charge in [-0.3, -0.25) is 4.57 Å². The molecule has 0 saturated carbocycles. The lowest BCUT2D eigenvalue weighted by atomic mass is 9.63. The SMILES string of the molecule is C1=CC2=C(CC1)C1(c3ccccc3Oc3c(-c4cccc(-n5c(-c6ccccc6)nc6ccccc65)c4)cccc31)c1ccccc12. The van der Waals surface area contributed by atoms with Crippen LogP contribution in [-0.4, -0.2) is 9.55 Å². The Labute approximate surface area is 273 Å². The second-order valence-electron chi connectivity index (χ2n) is 12.6. The highest BCUT2D eigenvalue weighted by atomic mass is 16.5. The molecule has 0 bridgehead atoms. The molecule has 1 aliphatic heterocycles. The molecule has 1 spiro atoms. The van der Waals surface area contributed by atoms with Gasteiger partial charge in [0.15, 0.2) is 0 Å². The Morgan fingerprint density at radius 1 is 0.617 bits per heavy atom. The third-order valence-electron chi connectivity index (χ3n) is 10.2. The minimum atomic E-state index is -0.407. The number of ether oxygens (including phenoxy) is 1. The molecule has 2 aliphatic carbocycles. The van der Waals surface area contributed by atoms with E-state index in [0.29, 0.717) is 0 Å². The standard InChI is InChI=1S/C44H30N2O/c1-2-14-29(15-3-1)43-45-39-25-9-10-26-40(39)46(43)31-17-12-16-30(28-31)32-20-13-24-38-42(32)47-41-27-11-8-23-37(41)44(38)35-21-6-4-18-33(35)34-19-5-7-22-36(34)44/h1-6,8-21,23-28H,7,22H2. The topological polar surface area (TPSA) is 27.1 Å². The molecule has 0 radical (unpaired) electrons. The van der Waals surface area contributed by atoms with E-state index in [1.165, 1.54) is 33.4 Å². The van der Waals surface area contributed by atoms with Crippen molar-refractivity contribution in [2.24, 2.45) is 0 Å². The number of allylic oxidation sites excluding steroid dienone is 4. The first-order valence-corrected chi connectivity index (χ1v) is 16.4. The Balaban J connectivity index is 1.22. The Morgan fingerprint density at radius 3 is 2.28 bits per heavy atom. The number of imidazole rings is 1. The predicted molar refractivity (Wildman–Crippen MR) is 190 cm³/mol. The maximum Gasteiger partial charge on any atom is 0.145 e. The van der Waals surface area contributed by atoms with E-state index >= 15 is 0 Å². The number of para-hydroxylation sites is 4. The van der Waals surface area contributed by atoms with Crippen LogP contribution in [0.4, 0.5) is 0 Å². The number of hydrogen-bond donors (Lipinski definition) is 0. The van der Waals surface area contributed by atoms with Crippen molar-refractivity contribution in [2.75, 3.05) is 0 Å². The lowest BCUT2D eigenvalue weighted by molar-refractivity contribution is 0.433. The van der Waals surface area contributed by atoms with Gasteiger partial charge in [-0.15, -0.1) is 0 Å². The van der Waals surface area contributed by atoms with E-state index in [1.54, 1.807) is 0 Å². The molecular weight excluding hydrogens is 572 g/mol. The summed E-state index contributed by atoms with van der Waals surface area (Å²) in [5.74, 6) is 2.78. The molecule has 7 aromatic rings. The normalized spacial score (nSPS) is 17.3. The summed E-state index contributed by atoms with van der Waals surface area (Å²) in [6, 6.07) is 52.0. The van der Waals surface area contributed by atoms with E-state index in [2.05, 4.69) is 156 Å². The summed E-state index contributed by atoms with van der Waals surface area (Å²) < 4.78 is 9.26. The fourth-order valence-corrected chi connectivity index (χ4v) is 8.30. The van der Waals surface area contributed by atoms with Crippen LogP contribution >= 0.6 is 0 Å². The average molecular weight is 603 g/mol. The highest BCUT2D eigenvalue weighted by Gasteiger charge is 2.52. The first kappa shape index (κ1) is 26.3. The molecule has 10 rings (SSSR count). The number of benzene rings is 6. The van der Waals surface area contributed by atoms with Crippen molar-refractivity contribution in [3.05, 3.63) is 186 Å². The van der Waals surface area contributed by atoms with Crippen LogP contribution in [0.25, 0.3) is 44.8 Å². The highest BCUT2D eigenvalue weighted by Crippen LogP contribution is 2.63. The van der Waals surface area contributed by atoms with Crippen LogP contribution in [0.2, 0.25) is 0 Å². The summed E-state index contributed by atoms with van der Waals surface area (Å²) >= 11 is 0. The highest BCUT2D eigenvalue weighted by molar-refractivity contribution is 5.93. The molecule has 3 heteroatoms. The Kier molecular flexibility index (Phi) is 5.62. The molecule has 3 aliphatic rings. The van der Waals surface area contributed by atoms with Gasteiger partial charge in [-0.1, -0.05) is 127 Å². The second-order valence-corrected chi connectivity index (χ2v) is 12.6. The van der Waals surface area contributed by atoms with Crippen LogP contribution in [0.1, 0.15) is 35.1 Å². The number of hydrogen-bond acceptors (Lipinski definition) is 2. The van der Waals surface area contributed by atoms with Gasteiger partial charge >= 0.3 is 0 Å². The van der Waals surface area contributed by atoms with Crippen molar-refractivity contribution in [3.63, 3.8) is 0 Å². The summed E-state index contributed by atoms with van der Waals surface area (Å²) in [4.78, 5) is 5.09. The zero-order chi connectivity index (χ0) is 31.0. The number of nitrogens with zero attached hydrogens (tertiary/aromatic N) is 2. The molecule has 6 aromatic carbocycles. The zero-order valence-corrected chi connectivity index (χ0v) is 25.7. The van der Waals surface area contributed by atoms with Gasteiger partial charge in [-0.05, 0) is 71.0 Å². The molecular formula is C44H30N2O. The third-order valence-corrected chi connectivity index (χ3v) is 10.2. The molecule has 0 N–H and O–H groups in total. The van der Waals surface area contributed by atoms with Gasteiger partial charge in [-0.2, -0.15) is 0 Å². The first-order valence-electron chi connectivity index (χ1n) is 16.4. The molecule has 2 heterocycles. The van der Waals surface area contributed by atoms with Crippen molar-refractivity contribution in [2.45, 2.75) is 18.3 Å². The summed E-state index contributed by atoms with van der Waals surface area (Å²) in [5, 5.41) is 0. The van der Waals surface area contributed by atoms with E-state index in [9.17, 15) is 0 Å². The molecule has 1 atom stereocenters. The van der Waals surface area contributed by atoms with Gasteiger partial charge in [0.1, 0.15) is 17.3 Å². The zero-order valence-electron chi connectivity index (χ0n) is 25.7. The summed E-state index contributed by atoms with van der Waals surface area (Å²) in [7, 11) is 0. The van der Waals surface area contributed by atoms with Gasteiger partial charge in [-0.25, -0.2) is 4.98 Å². The number of fused-ring (bicyclic) bond motifs is 9. The molecule has 1 unspecified atom stereocenters. The van der Waals surface area contributed by atoms with E-state index in [-0.39, 0.29) is 0 Å². The van der Waals surface area contributed by atoms with Crippen molar-refractivity contribution in [3.8, 4) is 39.7 Å². The molecule has 0 fully saturated rings. The van der Waals surface area contributed by atoms with Gasteiger partial charge in [0, 0.05) is 27.9 Å². The minimum absolute atomic E-state index is 0.407. The monoisotopic (exact) mass is 602 g/mol. The summed E-state index contributed by atoms with van der Waals surface area (Å²) in [5.41, 5.74) is 13.9. The number of rotatable bonds is 3. The predicted octanol–water partition coefficient (Wildman–Crippen LogP) is 10.9. The van der Waals surface area contributed by atoms with E-state index in [1.807, 2.05) is 6.07 Å².